The van der Waals surface area contributed by atoms with Crippen LogP contribution in [0.4, 0.5) is 17.6 Å². The molecule has 0 aromatic rings. The van der Waals surface area contributed by atoms with E-state index in [-0.39, 0.29) is 17.9 Å². The van der Waals surface area contributed by atoms with E-state index >= 15 is 0 Å². The smallest absolute Gasteiger partial charge is 0.347 e. The Morgan fingerprint density at radius 1 is 1.00 bits per heavy atom. The standard InChI is InChI=1S/C13H17F4NO/c14-11(15)13(16,17)12(19)18-10-8-2-6-1-7(4-8)5-9(10)3-6/h6-11H,1-5H2,(H,18,19). The molecule has 19 heavy (non-hydrogen) atoms. The highest BCUT2D eigenvalue weighted by atomic mass is 19.3. The Morgan fingerprint density at radius 2 is 1.47 bits per heavy atom. The van der Waals surface area contributed by atoms with Gasteiger partial charge in [-0.1, -0.05) is 0 Å². The minimum absolute atomic E-state index is 0.202. The second kappa shape index (κ2) is 4.35. The van der Waals surface area contributed by atoms with Crippen molar-refractivity contribution in [1.82, 2.24) is 5.32 Å². The fourth-order valence-electron chi connectivity index (χ4n) is 4.51. The maximum absolute atomic E-state index is 13.0. The molecule has 4 bridgehead atoms. The maximum atomic E-state index is 13.0. The molecule has 4 saturated carbocycles. The van der Waals surface area contributed by atoms with Crippen LogP contribution in [0.15, 0.2) is 0 Å². The third-order valence-electron chi connectivity index (χ3n) is 5.10. The molecule has 1 amide bonds. The quantitative estimate of drug-likeness (QED) is 0.791. The first-order valence-electron chi connectivity index (χ1n) is 6.85. The number of carbonyl (C=O) groups excluding carboxylic acids is 1. The van der Waals surface area contributed by atoms with Crippen molar-refractivity contribution in [3.63, 3.8) is 0 Å². The molecular weight excluding hydrogens is 262 g/mol. The second-order valence-corrected chi connectivity index (χ2v) is 6.35. The van der Waals surface area contributed by atoms with Crippen molar-refractivity contribution in [1.29, 1.82) is 0 Å². The molecule has 0 aromatic carbocycles. The van der Waals surface area contributed by atoms with Gasteiger partial charge in [0.05, 0.1) is 0 Å². The average Bonchev–Trinajstić information content (AvgIpc) is 2.32. The molecule has 0 unspecified atom stereocenters. The Kier molecular flexibility index (Phi) is 3.02. The van der Waals surface area contributed by atoms with Gasteiger partial charge in [-0.2, -0.15) is 8.78 Å². The molecule has 0 saturated heterocycles. The highest BCUT2D eigenvalue weighted by molar-refractivity contribution is 5.84. The van der Waals surface area contributed by atoms with Gasteiger partial charge in [0.25, 0.3) is 5.91 Å². The van der Waals surface area contributed by atoms with Gasteiger partial charge in [0.1, 0.15) is 0 Å². The molecule has 0 atom stereocenters. The van der Waals surface area contributed by atoms with E-state index in [1.165, 1.54) is 6.42 Å². The zero-order valence-corrected chi connectivity index (χ0v) is 10.4. The zero-order chi connectivity index (χ0) is 13.8. The van der Waals surface area contributed by atoms with Crippen molar-refractivity contribution in [2.75, 3.05) is 0 Å². The van der Waals surface area contributed by atoms with Crippen molar-refractivity contribution >= 4 is 5.91 Å². The Morgan fingerprint density at radius 3 is 1.89 bits per heavy atom. The van der Waals surface area contributed by atoms with E-state index in [1.807, 2.05) is 0 Å². The molecule has 0 spiro atoms. The number of carbonyl (C=O) groups is 1. The molecule has 4 rings (SSSR count). The molecular formula is C13H17F4NO. The van der Waals surface area contributed by atoms with Crippen molar-refractivity contribution in [3.05, 3.63) is 0 Å². The molecule has 1 N–H and O–H groups in total. The molecule has 2 nitrogen and oxygen atoms in total. The summed E-state index contributed by atoms with van der Waals surface area (Å²) < 4.78 is 50.3. The molecule has 0 radical (unpaired) electrons. The fraction of sp³-hybridized carbons (Fsp3) is 0.923. The normalized spacial score (nSPS) is 40.8. The lowest BCUT2D eigenvalue weighted by atomic mass is 9.54. The van der Waals surface area contributed by atoms with Gasteiger partial charge >= 0.3 is 12.3 Å². The van der Waals surface area contributed by atoms with Crippen LogP contribution >= 0.6 is 0 Å². The van der Waals surface area contributed by atoms with Crippen LogP contribution in [0.2, 0.25) is 0 Å². The van der Waals surface area contributed by atoms with Crippen LogP contribution in [-0.2, 0) is 4.79 Å². The van der Waals surface area contributed by atoms with Gasteiger partial charge in [0.15, 0.2) is 0 Å². The zero-order valence-electron chi connectivity index (χ0n) is 10.4. The molecule has 0 heterocycles. The minimum Gasteiger partial charge on any atom is -0.347 e. The topological polar surface area (TPSA) is 29.1 Å². The largest absolute Gasteiger partial charge is 0.383 e. The maximum Gasteiger partial charge on any atom is 0.383 e. The van der Waals surface area contributed by atoms with Crippen LogP contribution in [0, 0.1) is 23.7 Å². The van der Waals surface area contributed by atoms with Gasteiger partial charge in [-0.3, -0.25) is 4.79 Å². The lowest BCUT2D eigenvalue weighted by molar-refractivity contribution is -0.172. The van der Waals surface area contributed by atoms with E-state index in [2.05, 4.69) is 5.32 Å². The van der Waals surface area contributed by atoms with Gasteiger partial charge in [-0.15, -0.1) is 0 Å². The van der Waals surface area contributed by atoms with Crippen molar-refractivity contribution in [2.24, 2.45) is 23.7 Å². The molecule has 6 heteroatoms. The van der Waals surface area contributed by atoms with E-state index in [4.69, 9.17) is 0 Å². The van der Waals surface area contributed by atoms with Crippen LogP contribution in [0.1, 0.15) is 32.1 Å². The number of halogens is 4. The highest BCUT2D eigenvalue weighted by Gasteiger charge is 2.53. The van der Waals surface area contributed by atoms with Crippen LogP contribution in [-0.4, -0.2) is 24.3 Å². The summed E-state index contributed by atoms with van der Waals surface area (Å²) >= 11 is 0. The first kappa shape index (κ1) is 13.2. The SMILES string of the molecule is O=C(NC1C2CC3CC(C2)CC1C3)C(F)(F)C(F)F. The molecule has 4 fully saturated rings. The summed E-state index contributed by atoms with van der Waals surface area (Å²) in [4.78, 5) is 11.4. The van der Waals surface area contributed by atoms with Crippen LogP contribution in [0.25, 0.3) is 0 Å². The number of hydrogen-bond donors (Lipinski definition) is 1. The summed E-state index contributed by atoms with van der Waals surface area (Å²) in [6.07, 6.45) is 1.04. The van der Waals surface area contributed by atoms with Gasteiger partial charge < -0.3 is 5.32 Å². The Bertz CT molecular complexity index is 357. The molecule has 0 aromatic heterocycles. The monoisotopic (exact) mass is 279 g/mol. The van der Waals surface area contributed by atoms with E-state index in [1.54, 1.807) is 0 Å². The first-order valence-corrected chi connectivity index (χ1v) is 6.85. The van der Waals surface area contributed by atoms with Crippen molar-refractivity contribution in [3.8, 4) is 0 Å². The number of nitrogens with one attached hydrogen (secondary N) is 1. The molecule has 0 aliphatic heterocycles. The number of rotatable bonds is 3. The van der Waals surface area contributed by atoms with Gasteiger partial charge in [0.2, 0.25) is 0 Å². The van der Waals surface area contributed by atoms with Crippen LogP contribution < -0.4 is 5.32 Å². The lowest BCUT2D eigenvalue weighted by Gasteiger charge is -2.54. The third kappa shape index (κ3) is 2.13. The van der Waals surface area contributed by atoms with E-state index in [0.29, 0.717) is 11.8 Å². The molecule has 4 aliphatic rings. The summed E-state index contributed by atoms with van der Waals surface area (Å²) in [5, 5.41) is 2.21. The average molecular weight is 279 g/mol. The Labute approximate surface area is 108 Å². The third-order valence-corrected chi connectivity index (χ3v) is 5.10. The van der Waals surface area contributed by atoms with E-state index in [0.717, 1.165) is 25.7 Å². The fourth-order valence-corrected chi connectivity index (χ4v) is 4.51. The van der Waals surface area contributed by atoms with Crippen LogP contribution in [0.3, 0.4) is 0 Å². The van der Waals surface area contributed by atoms with Gasteiger partial charge in [-0.05, 0) is 55.8 Å². The second-order valence-electron chi connectivity index (χ2n) is 6.35. The molecule has 4 aliphatic carbocycles. The summed E-state index contributed by atoms with van der Waals surface area (Å²) in [5.41, 5.74) is 0. The number of hydrogen-bond acceptors (Lipinski definition) is 1. The minimum atomic E-state index is -4.57. The predicted octanol–water partition coefficient (Wildman–Crippen LogP) is 2.83. The number of alkyl halides is 4. The van der Waals surface area contributed by atoms with Crippen molar-refractivity contribution in [2.45, 2.75) is 50.5 Å². The number of amides is 1. The van der Waals surface area contributed by atoms with Crippen molar-refractivity contribution < 1.29 is 22.4 Å². The Balaban J connectivity index is 1.69. The summed E-state index contributed by atoms with van der Waals surface area (Å²) in [7, 11) is 0. The van der Waals surface area contributed by atoms with E-state index < -0.39 is 18.3 Å². The lowest BCUT2D eigenvalue weighted by Crippen LogP contribution is -2.59. The van der Waals surface area contributed by atoms with Crippen LogP contribution in [0.5, 0.6) is 0 Å². The van der Waals surface area contributed by atoms with E-state index in [9.17, 15) is 22.4 Å². The first-order chi connectivity index (χ1) is 8.88. The summed E-state index contributed by atoms with van der Waals surface area (Å²) in [5.74, 6) is -4.69. The van der Waals surface area contributed by atoms with Gasteiger partial charge in [-0.25, -0.2) is 8.78 Å². The Hall–Kier alpha value is -0.810. The summed E-state index contributed by atoms with van der Waals surface area (Å²) in [6, 6.07) is -0.329. The summed E-state index contributed by atoms with van der Waals surface area (Å²) in [6.45, 7) is 0. The van der Waals surface area contributed by atoms with Gasteiger partial charge in [0, 0.05) is 6.04 Å². The predicted molar refractivity (Wildman–Crippen MR) is 59.9 cm³/mol. The highest BCUT2D eigenvalue weighted by Crippen LogP contribution is 2.53. The molecule has 108 valence electrons.